The van der Waals surface area contributed by atoms with Gasteiger partial charge in [0.2, 0.25) is 0 Å². The normalized spacial score (nSPS) is 28.2. The standard InChI is InChI=1S/C10H21NOS/c1-8(5-4-6-12)11-9-7-13-10(9,2)3/h8-9,11-12H,4-7H2,1-3H3. The molecule has 0 amide bonds. The van der Waals surface area contributed by atoms with Gasteiger partial charge in [0.15, 0.2) is 0 Å². The highest BCUT2D eigenvalue weighted by Crippen LogP contribution is 2.40. The van der Waals surface area contributed by atoms with E-state index >= 15 is 0 Å². The lowest BCUT2D eigenvalue weighted by atomic mass is 10.0. The fourth-order valence-corrected chi connectivity index (χ4v) is 2.74. The molecule has 0 aromatic carbocycles. The predicted octanol–water partition coefficient (Wildman–Crippen LogP) is 1.63. The highest BCUT2D eigenvalue weighted by atomic mass is 32.2. The fourth-order valence-electron chi connectivity index (χ4n) is 1.57. The Bertz CT molecular complexity index is 161. The van der Waals surface area contributed by atoms with Crippen molar-refractivity contribution in [2.24, 2.45) is 0 Å². The molecule has 0 bridgehead atoms. The van der Waals surface area contributed by atoms with Crippen molar-refractivity contribution in [3.8, 4) is 0 Å². The summed E-state index contributed by atoms with van der Waals surface area (Å²) < 4.78 is 0.410. The van der Waals surface area contributed by atoms with Crippen LogP contribution in [0.5, 0.6) is 0 Å². The molecular formula is C10H21NOS. The first kappa shape index (κ1) is 11.3. The van der Waals surface area contributed by atoms with Crippen LogP contribution in [-0.4, -0.2) is 34.3 Å². The minimum absolute atomic E-state index is 0.314. The third-order valence-corrected chi connectivity index (χ3v) is 4.27. The van der Waals surface area contributed by atoms with Gasteiger partial charge in [-0.15, -0.1) is 0 Å². The van der Waals surface area contributed by atoms with E-state index in [1.807, 2.05) is 11.8 Å². The van der Waals surface area contributed by atoms with Crippen LogP contribution in [0, 0.1) is 0 Å². The first-order valence-corrected chi connectivity index (χ1v) is 6.05. The number of aliphatic hydroxyl groups is 1. The second-order valence-electron chi connectivity index (χ2n) is 4.40. The Morgan fingerprint density at radius 3 is 2.69 bits per heavy atom. The maximum atomic E-state index is 8.69. The molecule has 3 heteroatoms. The van der Waals surface area contributed by atoms with Gasteiger partial charge in [-0.3, -0.25) is 0 Å². The predicted molar refractivity (Wildman–Crippen MR) is 59.2 cm³/mol. The van der Waals surface area contributed by atoms with Crippen LogP contribution in [0.15, 0.2) is 0 Å². The zero-order chi connectivity index (χ0) is 9.90. The Morgan fingerprint density at radius 2 is 2.31 bits per heavy atom. The maximum absolute atomic E-state index is 8.69. The number of thioether (sulfide) groups is 1. The second-order valence-corrected chi connectivity index (χ2v) is 6.07. The maximum Gasteiger partial charge on any atom is 0.0431 e. The number of nitrogens with one attached hydrogen (secondary N) is 1. The van der Waals surface area contributed by atoms with E-state index in [9.17, 15) is 0 Å². The lowest BCUT2D eigenvalue weighted by Crippen LogP contribution is -2.57. The monoisotopic (exact) mass is 203 g/mol. The number of hydrogen-bond donors (Lipinski definition) is 2. The Labute approximate surface area is 85.5 Å². The van der Waals surface area contributed by atoms with Crippen LogP contribution in [0.25, 0.3) is 0 Å². The molecule has 2 N–H and O–H groups in total. The average Bonchev–Trinajstić information content (AvgIpc) is 2.09. The van der Waals surface area contributed by atoms with Gasteiger partial charge in [0.05, 0.1) is 0 Å². The first-order valence-electron chi connectivity index (χ1n) is 5.07. The molecule has 2 atom stereocenters. The van der Waals surface area contributed by atoms with E-state index in [-0.39, 0.29) is 0 Å². The number of rotatable bonds is 5. The highest BCUT2D eigenvalue weighted by Gasteiger charge is 2.39. The largest absolute Gasteiger partial charge is 0.396 e. The van der Waals surface area contributed by atoms with Gasteiger partial charge in [-0.2, -0.15) is 11.8 Å². The van der Waals surface area contributed by atoms with Crippen LogP contribution in [0.3, 0.4) is 0 Å². The molecule has 1 rings (SSSR count). The van der Waals surface area contributed by atoms with Gasteiger partial charge >= 0.3 is 0 Å². The minimum atomic E-state index is 0.314. The Hall–Kier alpha value is 0.270. The van der Waals surface area contributed by atoms with E-state index in [2.05, 4.69) is 26.1 Å². The average molecular weight is 203 g/mol. The fraction of sp³-hybridized carbons (Fsp3) is 1.00. The van der Waals surface area contributed by atoms with Crippen molar-refractivity contribution >= 4 is 11.8 Å². The molecular weight excluding hydrogens is 182 g/mol. The van der Waals surface area contributed by atoms with Gasteiger partial charge in [-0.25, -0.2) is 0 Å². The van der Waals surface area contributed by atoms with E-state index < -0.39 is 0 Å². The van der Waals surface area contributed by atoms with Crippen molar-refractivity contribution in [3.05, 3.63) is 0 Å². The SMILES string of the molecule is CC(CCCO)NC1CSC1(C)C. The van der Waals surface area contributed by atoms with Crippen molar-refractivity contribution in [1.82, 2.24) is 5.32 Å². The Morgan fingerprint density at radius 1 is 1.62 bits per heavy atom. The summed E-state index contributed by atoms with van der Waals surface area (Å²) in [6.07, 6.45) is 1.99. The number of hydrogen-bond acceptors (Lipinski definition) is 3. The molecule has 0 aliphatic carbocycles. The molecule has 2 unspecified atom stereocenters. The van der Waals surface area contributed by atoms with Crippen LogP contribution >= 0.6 is 11.8 Å². The third-order valence-electron chi connectivity index (χ3n) is 2.74. The molecule has 2 nitrogen and oxygen atoms in total. The Kier molecular flexibility index (Phi) is 4.07. The van der Waals surface area contributed by atoms with Gasteiger partial charge in [-0.05, 0) is 33.6 Å². The molecule has 1 heterocycles. The summed E-state index contributed by atoms with van der Waals surface area (Å²) in [5, 5.41) is 12.3. The van der Waals surface area contributed by atoms with Gasteiger partial charge in [-0.1, -0.05) is 0 Å². The molecule has 1 fully saturated rings. The van der Waals surface area contributed by atoms with Crippen LogP contribution in [0.1, 0.15) is 33.6 Å². The second kappa shape index (κ2) is 4.67. The van der Waals surface area contributed by atoms with E-state index in [0.29, 0.717) is 23.4 Å². The van der Waals surface area contributed by atoms with Gasteiger partial charge in [0, 0.05) is 29.2 Å². The summed E-state index contributed by atoms with van der Waals surface area (Å²) in [5.74, 6) is 1.23. The molecule has 1 aliphatic rings. The summed E-state index contributed by atoms with van der Waals surface area (Å²) in [6, 6.07) is 1.20. The summed E-state index contributed by atoms with van der Waals surface area (Å²) in [5.41, 5.74) is 0. The third kappa shape index (κ3) is 3.15. The lowest BCUT2D eigenvalue weighted by molar-refractivity contribution is 0.271. The molecule has 0 spiro atoms. The van der Waals surface area contributed by atoms with Crippen LogP contribution in [-0.2, 0) is 0 Å². The molecule has 0 aromatic heterocycles. The Balaban J connectivity index is 2.17. The summed E-state index contributed by atoms with van der Waals surface area (Å²) in [4.78, 5) is 0. The number of aliphatic hydroxyl groups excluding tert-OH is 1. The zero-order valence-corrected chi connectivity index (χ0v) is 9.66. The van der Waals surface area contributed by atoms with Crippen molar-refractivity contribution in [1.29, 1.82) is 0 Å². The van der Waals surface area contributed by atoms with Gasteiger partial charge in [0.25, 0.3) is 0 Å². The van der Waals surface area contributed by atoms with E-state index in [0.717, 1.165) is 12.8 Å². The summed E-state index contributed by atoms with van der Waals surface area (Å²) >= 11 is 2.02. The zero-order valence-electron chi connectivity index (χ0n) is 8.84. The quantitative estimate of drug-likeness (QED) is 0.712. The summed E-state index contributed by atoms with van der Waals surface area (Å²) in [7, 11) is 0. The van der Waals surface area contributed by atoms with Crippen molar-refractivity contribution in [2.75, 3.05) is 12.4 Å². The minimum Gasteiger partial charge on any atom is -0.396 e. The molecule has 0 saturated carbocycles. The van der Waals surface area contributed by atoms with E-state index in [1.165, 1.54) is 5.75 Å². The summed E-state index contributed by atoms with van der Waals surface area (Å²) in [6.45, 7) is 7.10. The molecule has 78 valence electrons. The lowest BCUT2D eigenvalue weighted by Gasteiger charge is -2.45. The van der Waals surface area contributed by atoms with Crippen molar-refractivity contribution in [2.45, 2.75) is 50.4 Å². The molecule has 1 saturated heterocycles. The molecule has 1 aliphatic heterocycles. The topological polar surface area (TPSA) is 32.3 Å². The molecule has 13 heavy (non-hydrogen) atoms. The van der Waals surface area contributed by atoms with Crippen molar-refractivity contribution < 1.29 is 5.11 Å². The smallest absolute Gasteiger partial charge is 0.0431 e. The molecule has 0 aromatic rings. The van der Waals surface area contributed by atoms with Crippen LogP contribution < -0.4 is 5.32 Å². The van der Waals surface area contributed by atoms with Crippen molar-refractivity contribution in [3.63, 3.8) is 0 Å². The van der Waals surface area contributed by atoms with Gasteiger partial charge < -0.3 is 10.4 Å². The van der Waals surface area contributed by atoms with E-state index in [1.54, 1.807) is 0 Å². The molecule has 0 radical (unpaired) electrons. The van der Waals surface area contributed by atoms with E-state index in [4.69, 9.17) is 5.11 Å². The van der Waals surface area contributed by atoms with Crippen LogP contribution in [0.4, 0.5) is 0 Å². The highest BCUT2D eigenvalue weighted by molar-refractivity contribution is 8.02. The van der Waals surface area contributed by atoms with Crippen LogP contribution in [0.2, 0.25) is 0 Å². The first-order chi connectivity index (χ1) is 6.06. The van der Waals surface area contributed by atoms with Gasteiger partial charge in [0.1, 0.15) is 0 Å².